The van der Waals surface area contributed by atoms with Crippen LogP contribution in [-0.2, 0) is 0 Å². The van der Waals surface area contributed by atoms with Crippen LogP contribution >= 0.6 is 0 Å². The van der Waals surface area contributed by atoms with E-state index in [1.165, 1.54) is 12.8 Å². The Kier molecular flexibility index (Phi) is 3.56. The zero-order chi connectivity index (χ0) is 11.4. The molecular weight excluding hydrogens is 204 g/mol. The van der Waals surface area contributed by atoms with Gasteiger partial charge < -0.3 is 15.0 Å². The van der Waals surface area contributed by atoms with Crippen LogP contribution in [0.2, 0.25) is 0 Å². The molecular formula is C11H18N4O. The van der Waals surface area contributed by atoms with E-state index >= 15 is 0 Å². The maximum atomic E-state index is 4.98. The van der Waals surface area contributed by atoms with E-state index in [2.05, 4.69) is 20.4 Å². The van der Waals surface area contributed by atoms with E-state index in [1.807, 2.05) is 19.2 Å². The van der Waals surface area contributed by atoms with E-state index in [0.717, 1.165) is 18.9 Å². The number of aromatic nitrogens is 2. The highest BCUT2D eigenvalue weighted by atomic mass is 16.5. The minimum Gasteiger partial charge on any atom is -0.480 e. The molecule has 1 aromatic heterocycles. The van der Waals surface area contributed by atoms with Crippen molar-refractivity contribution in [3.05, 3.63) is 12.1 Å². The number of anilines is 1. The van der Waals surface area contributed by atoms with E-state index < -0.39 is 0 Å². The first kappa shape index (κ1) is 11.1. The Balaban J connectivity index is 1.94. The molecule has 1 atom stereocenters. The summed E-state index contributed by atoms with van der Waals surface area (Å²) in [5.41, 5.74) is 0. The van der Waals surface area contributed by atoms with Gasteiger partial charge in [-0.2, -0.15) is 0 Å². The molecule has 0 saturated carbocycles. The average molecular weight is 222 g/mol. The summed E-state index contributed by atoms with van der Waals surface area (Å²) in [6.07, 6.45) is 2.51. The highest BCUT2D eigenvalue weighted by Crippen LogP contribution is 2.13. The van der Waals surface area contributed by atoms with Gasteiger partial charge in [-0.15, -0.1) is 10.2 Å². The fourth-order valence-electron chi connectivity index (χ4n) is 1.96. The maximum absolute atomic E-state index is 4.98. The van der Waals surface area contributed by atoms with Crippen LogP contribution in [0.3, 0.4) is 0 Å². The van der Waals surface area contributed by atoms with Gasteiger partial charge in [0.1, 0.15) is 0 Å². The van der Waals surface area contributed by atoms with Gasteiger partial charge in [0.05, 0.1) is 7.11 Å². The van der Waals surface area contributed by atoms with Gasteiger partial charge in [-0.25, -0.2) is 0 Å². The topological polar surface area (TPSA) is 50.3 Å². The largest absolute Gasteiger partial charge is 0.480 e. The summed E-state index contributed by atoms with van der Waals surface area (Å²) in [5.74, 6) is 1.44. The molecule has 5 nitrogen and oxygen atoms in total. The summed E-state index contributed by atoms with van der Waals surface area (Å²) in [6, 6.07) is 4.34. The first-order valence-electron chi connectivity index (χ1n) is 5.62. The third-order valence-electron chi connectivity index (χ3n) is 2.88. The summed E-state index contributed by atoms with van der Waals surface area (Å²) in [4.78, 5) is 2.12. The Hall–Kier alpha value is -1.36. The van der Waals surface area contributed by atoms with Crippen molar-refractivity contribution in [3.63, 3.8) is 0 Å². The molecule has 0 radical (unpaired) electrons. The molecule has 1 aromatic rings. The monoisotopic (exact) mass is 222 g/mol. The van der Waals surface area contributed by atoms with Crippen LogP contribution in [-0.4, -0.2) is 43.5 Å². The quantitative estimate of drug-likeness (QED) is 0.811. The van der Waals surface area contributed by atoms with Crippen molar-refractivity contribution in [2.24, 2.45) is 0 Å². The minimum atomic E-state index is 0.552. The third-order valence-corrected chi connectivity index (χ3v) is 2.88. The molecule has 0 aromatic carbocycles. The molecule has 1 aliphatic heterocycles. The van der Waals surface area contributed by atoms with Crippen molar-refractivity contribution >= 4 is 5.82 Å². The lowest BCUT2D eigenvalue weighted by molar-refractivity contribution is 0.392. The number of ether oxygens (including phenoxy) is 1. The van der Waals surface area contributed by atoms with Crippen LogP contribution in [0.1, 0.15) is 12.8 Å². The number of methoxy groups -OCH3 is 1. The first-order valence-corrected chi connectivity index (χ1v) is 5.62. The Labute approximate surface area is 95.8 Å². The van der Waals surface area contributed by atoms with Crippen molar-refractivity contribution < 1.29 is 4.74 Å². The molecule has 2 rings (SSSR count). The molecule has 5 heteroatoms. The molecule has 16 heavy (non-hydrogen) atoms. The van der Waals surface area contributed by atoms with Crippen molar-refractivity contribution in [1.29, 1.82) is 0 Å². The summed E-state index contributed by atoms with van der Waals surface area (Å²) < 4.78 is 4.98. The van der Waals surface area contributed by atoms with E-state index in [1.54, 1.807) is 7.11 Å². The second-order valence-corrected chi connectivity index (χ2v) is 4.11. The van der Waals surface area contributed by atoms with Crippen molar-refractivity contribution in [2.75, 3.05) is 32.1 Å². The maximum Gasteiger partial charge on any atom is 0.233 e. The van der Waals surface area contributed by atoms with E-state index in [4.69, 9.17) is 4.74 Å². The van der Waals surface area contributed by atoms with Gasteiger partial charge in [-0.05, 0) is 25.5 Å². The van der Waals surface area contributed by atoms with Gasteiger partial charge in [0.2, 0.25) is 5.88 Å². The molecule has 1 saturated heterocycles. The van der Waals surface area contributed by atoms with Crippen LogP contribution in [0, 0.1) is 0 Å². The molecule has 0 spiro atoms. The molecule has 88 valence electrons. The number of hydrogen-bond acceptors (Lipinski definition) is 5. The number of nitrogens with zero attached hydrogens (tertiary/aromatic N) is 3. The predicted molar refractivity (Wildman–Crippen MR) is 62.9 cm³/mol. The smallest absolute Gasteiger partial charge is 0.233 e. The second-order valence-electron chi connectivity index (χ2n) is 4.11. The second kappa shape index (κ2) is 5.12. The highest BCUT2D eigenvalue weighted by molar-refractivity contribution is 5.37. The highest BCUT2D eigenvalue weighted by Gasteiger charge is 2.16. The average Bonchev–Trinajstić information content (AvgIpc) is 2.82. The zero-order valence-corrected chi connectivity index (χ0v) is 9.81. The van der Waals surface area contributed by atoms with Gasteiger partial charge >= 0.3 is 0 Å². The zero-order valence-electron chi connectivity index (χ0n) is 9.81. The van der Waals surface area contributed by atoms with E-state index in [-0.39, 0.29) is 0 Å². The molecule has 2 heterocycles. The van der Waals surface area contributed by atoms with Crippen LogP contribution < -0.4 is 15.0 Å². The standard InChI is InChI=1S/C11H18N4O/c1-15(8-9-4-3-7-12-9)10-5-6-11(16-2)14-13-10/h5-6,9,12H,3-4,7-8H2,1-2H3. The Bertz CT molecular complexity index is 321. The molecule has 1 aliphatic rings. The van der Waals surface area contributed by atoms with E-state index in [0.29, 0.717) is 11.9 Å². The number of hydrogen-bond donors (Lipinski definition) is 1. The summed E-state index contributed by atoms with van der Waals surface area (Å²) >= 11 is 0. The van der Waals surface area contributed by atoms with Crippen LogP contribution in [0.4, 0.5) is 5.82 Å². The fraction of sp³-hybridized carbons (Fsp3) is 0.636. The van der Waals surface area contributed by atoms with Crippen molar-refractivity contribution in [3.8, 4) is 5.88 Å². The minimum absolute atomic E-state index is 0.552. The van der Waals surface area contributed by atoms with Crippen molar-refractivity contribution in [2.45, 2.75) is 18.9 Å². The molecule has 0 bridgehead atoms. The van der Waals surface area contributed by atoms with Crippen LogP contribution in [0.5, 0.6) is 5.88 Å². The normalized spacial score (nSPS) is 19.8. The number of nitrogens with one attached hydrogen (secondary N) is 1. The molecule has 0 aliphatic carbocycles. The Morgan fingerprint density at radius 1 is 1.50 bits per heavy atom. The van der Waals surface area contributed by atoms with Crippen LogP contribution in [0.15, 0.2) is 12.1 Å². The van der Waals surface area contributed by atoms with Crippen molar-refractivity contribution in [1.82, 2.24) is 15.5 Å². The predicted octanol–water partition coefficient (Wildman–Crippen LogP) is 0.673. The lowest BCUT2D eigenvalue weighted by Gasteiger charge is -2.21. The van der Waals surface area contributed by atoms with Gasteiger partial charge in [-0.3, -0.25) is 0 Å². The molecule has 1 fully saturated rings. The Morgan fingerprint density at radius 3 is 2.94 bits per heavy atom. The lowest BCUT2D eigenvalue weighted by Crippen LogP contribution is -2.35. The summed E-state index contributed by atoms with van der Waals surface area (Å²) in [5, 5.41) is 11.5. The van der Waals surface area contributed by atoms with Gasteiger partial charge in [0, 0.05) is 25.7 Å². The lowest BCUT2D eigenvalue weighted by atomic mass is 10.2. The Morgan fingerprint density at radius 2 is 2.38 bits per heavy atom. The number of likely N-dealkylation sites (N-methyl/N-ethyl adjacent to an activating group) is 1. The van der Waals surface area contributed by atoms with Gasteiger partial charge in [0.25, 0.3) is 0 Å². The first-order chi connectivity index (χ1) is 7.79. The summed E-state index contributed by atoms with van der Waals surface area (Å²) in [6.45, 7) is 2.10. The SMILES string of the molecule is COc1ccc(N(C)CC2CCCN2)nn1. The molecule has 0 amide bonds. The van der Waals surface area contributed by atoms with Gasteiger partial charge in [-0.1, -0.05) is 0 Å². The fourth-order valence-corrected chi connectivity index (χ4v) is 1.96. The van der Waals surface area contributed by atoms with Crippen LogP contribution in [0.25, 0.3) is 0 Å². The molecule has 1 unspecified atom stereocenters. The number of rotatable bonds is 4. The summed E-state index contributed by atoms with van der Waals surface area (Å²) in [7, 11) is 3.63. The molecule has 1 N–H and O–H groups in total. The van der Waals surface area contributed by atoms with E-state index in [9.17, 15) is 0 Å². The third kappa shape index (κ3) is 2.61. The van der Waals surface area contributed by atoms with Gasteiger partial charge in [0.15, 0.2) is 5.82 Å².